The first-order valence-electron chi connectivity index (χ1n) is 7.47. The van der Waals surface area contributed by atoms with Crippen molar-refractivity contribution >= 4 is 16.7 Å². The Morgan fingerprint density at radius 2 is 2.00 bits per heavy atom. The number of ether oxygens (including phenoxy) is 1. The minimum Gasteiger partial charge on any atom is -0.375 e. The summed E-state index contributed by atoms with van der Waals surface area (Å²) in [6.45, 7) is 10.9. The van der Waals surface area contributed by atoms with Crippen LogP contribution < -0.4 is 4.90 Å². The SMILES string of the molecule is CC.Cc1cccc2nc(N3CCOC(C)C3)ccc12. The lowest BCUT2D eigenvalue weighted by Gasteiger charge is -2.32. The molecule has 1 saturated heterocycles. The summed E-state index contributed by atoms with van der Waals surface area (Å²) < 4.78 is 5.57. The Kier molecular flexibility index (Phi) is 4.96. The third-order valence-electron chi connectivity index (χ3n) is 3.50. The topological polar surface area (TPSA) is 25.4 Å². The van der Waals surface area contributed by atoms with E-state index in [1.807, 2.05) is 13.8 Å². The Bertz CT molecular complexity index is 568. The van der Waals surface area contributed by atoms with Crippen LogP contribution in [-0.4, -0.2) is 30.8 Å². The summed E-state index contributed by atoms with van der Waals surface area (Å²) in [5, 5.41) is 1.24. The highest BCUT2D eigenvalue weighted by atomic mass is 16.5. The number of morpholine rings is 1. The molecule has 1 atom stereocenters. The molecule has 2 heterocycles. The van der Waals surface area contributed by atoms with Gasteiger partial charge in [-0.05, 0) is 37.6 Å². The van der Waals surface area contributed by atoms with E-state index < -0.39 is 0 Å². The minimum atomic E-state index is 0.286. The Morgan fingerprint density at radius 3 is 2.75 bits per heavy atom. The average molecular weight is 272 g/mol. The van der Waals surface area contributed by atoms with E-state index in [2.05, 4.69) is 49.1 Å². The zero-order chi connectivity index (χ0) is 14.5. The lowest BCUT2D eigenvalue weighted by molar-refractivity contribution is 0.0529. The van der Waals surface area contributed by atoms with Crippen molar-refractivity contribution in [2.45, 2.75) is 33.8 Å². The lowest BCUT2D eigenvalue weighted by atomic mass is 10.1. The molecule has 0 radical (unpaired) electrons. The smallest absolute Gasteiger partial charge is 0.129 e. The molecule has 1 aliphatic heterocycles. The maximum atomic E-state index is 5.57. The summed E-state index contributed by atoms with van der Waals surface area (Å²) in [5.74, 6) is 1.06. The van der Waals surface area contributed by atoms with Crippen molar-refractivity contribution in [3.8, 4) is 0 Å². The van der Waals surface area contributed by atoms with Crippen LogP contribution in [0.3, 0.4) is 0 Å². The molecule has 1 aromatic carbocycles. The Balaban J connectivity index is 0.000000704. The van der Waals surface area contributed by atoms with Gasteiger partial charge in [-0.1, -0.05) is 26.0 Å². The normalized spacial score (nSPS) is 18.6. The summed E-state index contributed by atoms with van der Waals surface area (Å²) >= 11 is 0. The van der Waals surface area contributed by atoms with Gasteiger partial charge in [-0.15, -0.1) is 0 Å². The molecule has 0 saturated carbocycles. The van der Waals surface area contributed by atoms with Crippen molar-refractivity contribution in [1.29, 1.82) is 0 Å². The van der Waals surface area contributed by atoms with Crippen LogP contribution in [0.2, 0.25) is 0 Å². The number of aromatic nitrogens is 1. The molecule has 0 bridgehead atoms. The molecular formula is C17H24N2O. The third kappa shape index (κ3) is 3.10. The molecule has 1 aromatic heterocycles. The second-order valence-corrected chi connectivity index (χ2v) is 4.94. The number of hydrogen-bond donors (Lipinski definition) is 0. The van der Waals surface area contributed by atoms with Gasteiger partial charge < -0.3 is 9.64 Å². The molecule has 2 aromatic rings. The van der Waals surface area contributed by atoms with E-state index in [0.717, 1.165) is 31.0 Å². The standard InChI is InChI=1S/C15H18N2O.C2H6/c1-11-4-3-5-14-13(11)6-7-15(16-14)17-8-9-18-12(2)10-17;1-2/h3-7,12H,8-10H2,1-2H3;1-2H3. The molecular weight excluding hydrogens is 248 g/mol. The molecule has 3 rings (SSSR count). The third-order valence-corrected chi connectivity index (χ3v) is 3.50. The van der Waals surface area contributed by atoms with Gasteiger partial charge in [-0.25, -0.2) is 4.98 Å². The molecule has 0 spiro atoms. The molecule has 3 heteroatoms. The van der Waals surface area contributed by atoms with Crippen LogP contribution in [0.1, 0.15) is 26.3 Å². The van der Waals surface area contributed by atoms with Crippen molar-refractivity contribution in [2.24, 2.45) is 0 Å². The van der Waals surface area contributed by atoms with E-state index in [1.54, 1.807) is 0 Å². The van der Waals surface area contributed by atoms with E-state index >= 15 is 0 Å². The van der Waals surface area contributed by atoms with Crippen LogP contribution >= 0.6 is 0 Å². The molecule has 0 aliphatic carbocycles. The number of fused-ring (bicyclic) bond motifs is 1. The number of benzene rings is 1. The van der Waals surface area contributed by atoms with Crippen LogP contribution in [0.15, 0.2) is 30.3 Å². The van der Waals surface area contributed by atoms with E-state index in [1.165, 1.54) is 10.9 Å². The summed E-state index contributed by atoms with van der Waals surface area (Å²) in [5.41, 5.74) is 2.36. The fourth-order valence-electron chi connectivity index (χ4n) is 2.50. The molecule has 3 nitrogen and oxygen atoms in total. The molecule has 1 unspecified atom stereocenters. The zero-order valence-corrected chi connectivity index (χ0v) is 12.9. The Labute approximate surface area is 121 Å². The van der Waals surface area contributed by atoms with Crippen molar-refractivity contribution in [1.82, 2.24) is 4.98 Å². The maximum absolute atomic E-state index is 5.57. The number of nitrogens with zero attached hydrogens (tertiary/aromatic N) is 2. The zero-order valence-electron chi connectivity index (χ0n) is 12.9. The first-order valence-corrected chi connectivity index (χ1v) is 7.47. The van der Waals surface area contributed by atoms with Gasteiger partial charge in [0, 0.05) is 18.5 Å². The van der Waals surface area contributed by atoms with Gasteiger partial charge in [0.2, 0.25) is 0 Å². The van der Waals surface area contributed by atoms with Gasteiger partial charge in [0.1, 0.15) is 5.82 Å². The summed E-state index contributed by atoms with van der Waals surface area (Å²) in [6, 6.07) is 10.6. The van der Waals surface area contributed by atoms with Crippen molar-refractivity contribution in [3.63, 3.8) is 0 Å². The minimum absolute atomic E-state index is 0.286. The van der Waals surface area contributed by atoms with Crippen LogP contribution in [0.25, 0.3) is 10.9 Å². The second kappa shape index (κ2) is 6.71. The van der Waals surface area contributed by atoms with Crippen LogP contribution in [0, 0.1) is 6.92 Å². The molecule has 0 N–H and O–H groups in total. The van der Waals surface area contributed by atoms with Gasteiger partial charge in [-0.3, -0.25) is 0 Å². The van der Waals surface area contributed by atoms with Crippen molar-refractivity contribution in [3.05, 3.63) is 35.9 Å². The fourth-order valence-corrected chi connectivity index (χ4v) is 2.50. The van der Waals surface area contributed by atoms with Gasteiger partial charge in [0.05, 0.1) is 18.2 Å². The number of hydrogen-bond acceptors (Lipinski definition) is 3. The Hall–Kier alpha value is -1.61. The molecule has 0 amide bonds. The van der Waals surface area contributed by atoms with Gasteiger partial charge in [0.15, 0.2) is 0 Å². The lowest BCUT2D eigenvalue weighted by Crippen LogP contribution is -2.41. The van der Waals surface area contributed by atoms with E-state index in [9.17, 15) is 0 Å². The van der Waals surface area contributed by atoms with Crippen molar-refractivity contribution < 1.29 is 4.74 Å². The quantitative estimate of drug-likeness (QED) is 0.789. The molecule has 108 valence electrons. The molecule has 1 aliphatic rings. The Morgan fingerprint density at radius 1 is 1.20 bits per heavy atom. The average Bonchev–Trinajstić information content (AvgIpc) is 2.49. The van der Waals surface area contributed by atoms with Crippen LogP contribution in [0.5, 0.6) is 0 Å². The number of aryl methyl sites for hydroxylation is 1. The number of anilines is 1. The van der Waals surface area contributed by atoms with Crippen molar-refractivity contribution in [2.75, 3.05) is 24.6 Å². The molecule has 20 heavy (non-hydrogen) atoms. The maximum Gasteiger partial charge on any atom is 0.129 e. The van der Waals surface area contributed by atoms with Gasteiger partial charge in [0.25, 0.3) is 0 Å². The number of pyridine rings is 1. The predicted octanol–water partition coefficient (Wildman–Crippen LogP) is 3.79. The first-order chi connectivity index (χ1) is 9.74. The fraction of sp³-hybridized carbons (Fsp3) is 0.471. The van der Waals surface area contributed by atoms with Crippen LogP contribution in [-0.2, 0) is 4.74 Å². The highest BCUT2D eigenvalue weighted by Crippen LogP contribution is 2.22. The highest BCUT2D eigenvalue weighted by Gasteiger charge is 2.18. The summed E-state index contributed by atoms with van der Waals surface area (Å²) in [7, 11) is 0. The van der Waals surface area contributed by atoms with E-state index in [4.69, 9.17) is 9.72 Å². The molecule has 1 fully saturated rings. The van der Waals surface area contributed by atoms with Gasteiger partial charge >= 0.3 is 0 Å². The van der Waals surface area contributed by atoms with E-state index in [-0.39, 0.29) is 6.10 Å². The second-order valence-electron chi connectivity index (χ2n) is 4.94. The number of rotatable bonds is 1. The largest absolute Gasteiger partial charge is 0.375 e. The summed E-state index contributed by atoms with van der Waals surface area (Å²) in [6.07, 6.45) is 0.286. The highest BCUT2D eigenvalue weighted by molar-refractivity contribution is 5.83. The van der Waals surface area contributed by atoms with Crippen LogP contribution in [0.4, 0.5) is 5.82 Å². The predicted molar refractivity (Wildman–Crippen MR) is 85.5 cm³/mol. The summed E-state index contributed by atoms with van der Waals surface area (Å²) in [4.78, 5) is 7.07. The first kappa shape index (κ1) is 14.8. The van der Waals surface area contributed by atoms with Gasteiger partial charge in [-0.2, -0.15) is 0 Å². The van der Waals surface area contributed by atoms with E-state index in [0.29, 0.717) is 0 Å². The monoisotopic (exact) mass is 272 g/mol.